The Morgan fingerprint density at radius 2 is 2.17 bits per heavy atom. The highest BCUT2D eigenvalue weighted by Crippen LogP contribution is 2.13. The fraction of sp³-hybridized carbons (Fsp3) is 0.692. The van der Waals surface area contributed by atoms with Gasteiger partial charge >= 0.3 is 0 Å². The van der Waals surface area contributed by atoms with Crippen molar-refractivity contribution < 1.29 is 4.74 Å². The van der Waals surface area contributed by atoms with E-state index in [0.29, 0.717) is 5.95 Å². The van der Waals surface area contributed by atoms with Gasteiger partial charge in [-0.05, 0) is 19.8 Å². The van der Waals surface area contributed by atoms with Crippen LogP contribution in [-0.4, -0.2) is 43.8 Å². The molecule has 0 saturated carbocycles. The van der Waals surface area contributed by atoms with Gasteiger partial charge in [0.15, 0.2) is 0 Å². The van der Waals surface area contributed by atoms with E-state index in [-0.39, 0.29) is 0 Å². The van der Waals surface area contributed by atoms with Crippen LogP contribution in [0.2, 0.25) is 0 Å². The van der Waals surface area contributed by atoms with Crippen molar-refractivity contribution in [3.8, 4) is 0 Å². The van der Waals surface area contributed by atoms with Crippen LogP contribution in [0, 0.1) is 6.92 Å². The topological polar surface area (TPSA) is 50.3 Å². The normalized spacial score (nSPS) is 10.4. The molecule has 1 N–H and O–H groups in total. The van der Waals surface area contributed by atoms with E-state index >= 15 is 0 Å². The van der Waals surface area contributed by atoms with Crippen LogP contribution in [0.1, 0.15) is 25.5 Å². The summed E-state index contributed by atoms with van der Waals surface area (Å²) in [6.45, 7) is 6.72. The molecule has 5 heteroatoms. The Morgan fingerprint density at radius 1 is 1.39 bits per heavy atom. The Balaban J connectivity index is 2.65. The van der Waals surface area contributed by atoms with Gasteiger partial charge in [0, 0.05) is 45.6 Å². The number of methoxy groups -OCH3 is 1. The van der Waals surface area contributed by atoms with Crippen molar-refractivity contribution in [2.24, 2.45) is 0 Å². The molecule has 0 bridgehead atoms. The van der Waals surface area contributed by atoms with E-state index < -0.39 is 0 Å². The van der Waals surface area contributed by atoms with Crippen molar-refractivity contribution in [2.45, 2.75) is 26.7 Å². The second kappa shape index (κ2) is 7.87. The highest BCUT2D eigenvalue weighted by molar-refractivity contribution is 5.43. The fourth-order valence-corrected chi connectivity index (χ4v) is 1.62. The number of anilines is 2. The standard InChI is InChI=1S/C13H24N4O/c1-5-7-14-13-15-11(2)10-12(16-13)17(3)8-6-9-18-4/h10H,5-9H2,1-4H3,(H,14,15,16). The SMILES string of the molecule is CCCNc1nc(C)cc(N(C)CCCOC)n1. The first-order valence-corrected chi connectivity index (χ1v) is 6.47. The second-order valence-corrected chi connectivity index (χ2v) is 4.39. The van der Waals surface area contributed by atoms with Gasteiger partial charge < -0.3 is 15.0 Å². The van der Waals surface area contributed by atoms with Crippen molar-refractivity contribution in [1.82, 2.24) is 9.97 Å². The van der Waals surface area contributed by atoms with Gasteiger partial charge in [0.05, 0.1) is 0 Å². The molecule has 0 saturated heterocycles. The van der Waals surface area contributed by atoms with Gasteiger partial charge in [-0.25, -0.2) is 4.98 Å². The molecule has 0 amide bonds. The molecule has 0 aliphatic heterocycles. The molecule has 0 aromatic carbocycles. The maximum absolute atomic E-state index is 5.06. The van der Waals surface area contributed by atoms with E-state index in [2.05, 4.69) is 27.1 Å². The second-order valence-electron chi connectivity index (χ2n) is 4.39. The van der Waals surface area contributed by atoms with Crippen LogP contribution in [0.25, 0.3) is 0 Å². The lowest BCUT2D eigenvalue weighted by Gasteiger charge is -2.19. The van der Waals surface area contributed by atoms with Gasteiger partial charge in [0.2, 0.25) is 5.95 Å². The van der Waals surface area contributed by atoms with E-state index in [1.165, 1.54) is 0 Å². The first-order valence-electron chi connectivity index (χ1n) is 6.47. The number of rotatable bonds is 8. The summed E-state index contributed by atoms with van der Waals surface area (Å²) >= 11 is 0. The Labute approximate surface area is 110 Å². The number of hydrogen-bond acceptors (Lipinski definition) is 5. The summed E-state index contributed by atoms with van der Waals surface area (Å²) in [6.07, 6.45) is 2.06. The van der Waals surface area contributed by atoms with Crippen molar-refractivity contribution in [3.05, 3.63) is 11.8 Å². The van der Waals surface area contributed by atoms with Gasteiger partial charge in [-0.1, -0.05) is 6.92 Å². The maximum Gasteiger partial charge on any atom is 0.224 e. The molecule has 0 atom stereocenters. The van der Waals surface area contributed by atoms with Crippen molar-refractivity contribution >= 4 is 11.8 Å². The molecule has 1 aromatic heterocycles. The molecule has 18 heavy (non-hydrogen) atoms. The van der Waals surface area contributed by atoms with Crippen LogP contribution in [-0.2, 0) is 4.74 Å². The number of ether oxygens (including phenoxy) is 1. The number of nitrogens with zero attached hydrogens (tertiary/aromatic N) is 3. The Morgan fingerprint density at radius 3 is 2.83 bits per heavy atom. The van der Waals surface area contributed by atoms with Gasteiger partial charge in [-0.15, -0.1) is 0 Å². The molecule has 0 aliphatic carbocycles. The van der Waals surface area contributed by atoms with Crippen molar-refractivity contribution in [3.63, 3.8) is 0 Å². The summed E-state index contributed by atoms with van der Waals surface area (Å²) in [5.74, 6) is 1.67. The van der Waals surface area contributed by atoms with Crippen LogP contribution in [0.4, 0.5) is 11.8 Å². The zero-order chi connectivity index (χ0) is 13.4. The Bertz CT molecular complexity index is 357. The van der Waals surface area contributed by atoms with Crippen LogP contribution in [0.5, 0.6) is 0 Å². The fourth-order valence-electron chi connectivity index (χ4n) is 1.62. The minimum absolute atomic E-state index is 0.713. The number of aromatic nitrogens is 2. The zero-order valence-corrected chi connectivity index (χ0v) is 11.9. The smallest absolute Gasteiger partial charge is 0.224 e. The maximum atomic E-state index is 5.06. The van der Waals surface area contributed by atoms with Crippen molar-refractivity contribution in [2.75, 3.05) is 44.1 Å². The molecular weight excluding hydrogens is 228 g/mol. The summed E-state index contributed by atoms with van der Waals surface area (Å²) in [5, 5.41) is 3.22. The van der Waals surface area contributed by atoms with E-state index in [1.54, 1.807) is 7.11 Å². The summed E-state index contributed by atoms with van der Waals surface area (Å²) in [5.41, 5.74) is 0.984. The van der Waals surface area contributed by atoms with E-state index in [4.69, 9.17) is 4.74 Å². The Kier molecular flexibility index (Phi) is 6.43. The van der Waals surface area contributed by atoms with Crippen molar-refractivity contribution in [1.29, 1.82) is 0 Å². The molecule has 0 aliphatic rings. The lowest BCUT2D eigenvalue weighted by molar-refractivity contribution is 0.196. The van der Waals surface area contributed by atoms with Gasteiger partial charge in [0.25, 0.3) is 0 Å². The summed E-state index contributed by atoms with van der Waals surface area (Å²) in [4.78, 5) is 11.0. The number of aryl methyl sites for hydroxylation is 1. The molecule has 1 heterocycles. The minimum atomic E-state index is 0.713. The van der Waals surface area contributed by atoms with E-state index in [9.17, 15) is 0 Å². The highest BCUT2D eigenvalue weighted by Gasteiger charge is 2.06. The summed E-state index contributed by atoms with van der Waals surface area (Å²) in [6, 6.07) is 2.00. The van der Waals surface area contributed by atoms with Crippen LogP contribution >= 0.6 is 0 Å². The van der Waals surface area contributed by atoms with Crippen LogP contribution in [0.3, 0.4) is 0 Å². The predicted molar refractivity (Wildman–Crippen MR) is 75.3 cm³/mol. The van der Waals surface area contributed by atoms with Gasteiger partial charge in [-0.2, -0.15) is 4.98 Å². The molecule has 0 fully saturated rings. The molecule has 0 radical (unpaired) electrons. The Hall–Kier alpha value is -1.36. The molecule has 0 spiro atoms. The third-order valence-electron chi connectivity index (χ3n) is 2.61. The predicted octanol–water partition coefficient (Wildman–Crippen LogP) is 2.08. The van der Waals surface area contributed by atoms with Crippen LogP contribution < -0.4 is 10.2 Å². The quantitative estimate of drug-likeness (QED) is 0.718. The largest absolute Gasteiger partial charge is 0.385 e. The summed E-state index contributed by atoms with van der Waals surface area (Å²) in [7, 11) is 3.77. The third-order valence-corrected chi connectivity index (χ3v) is 2.61. The number of hydrogen-bond donors (Lipinski definition) is 1. The average molecular weight is 252 g/mol. The molecular formula is C13H24N4O. The molecule has 5 nitrogen and oxygen atoms in total. The molecule has 1 aromatic rings. The zero-order valence-electron chi connectivity index (χ0n) is 11.9. The third kappa shape index (κ3) is 4.87. The van der Waals surface area contributed by atoms with Gasteiger partial charge in [0.1, 0.15) is 5.82 Å². The molecule has 1 rings (SSSR count). The monoisotopic (exact) mass is 252 g/mol. The lowest BCUT2D eigenvalue weighted by atomic mass is 10.3. The average Bonchev–Trinajstić information content (AvgIpc) is 2.36. The van der Waals surface area contributed by atoms with E-state index in [0.717, 1.165) is 44.0 Å². The molecule has 102 valence electrons. The lowest BCUT2D eigenvalue weighted by Crippen LogP contribution is -2.21. The first-order chi connectivity index (χ1) is 8.67. The number of nitrogens with one attached hydrogen (secondary N) is 1. The molecule has 0 unspecified atom stereocenters. The van der Waals surface area contributed by atoms with Crippen LogP contribution in [0.15, 0.2) is 6.07 Å². The highest BCUT2D eigenvalue weighted by atomic mass is 16.5. The van der Waals surface area contributed by atoms with Gasteiger partial charge in [-0.3, -0.25) is 0 Å². The van der Waals surface area contributed by atoms with E-state index in [1.807, 2.05) is 20.0 Å². The minimum Gasteiger partial charge on any atom is -0.385 e. The first kappa shape index (κ1) is 14.7. The summed E-state index contributed by atoms with van der Waals surface area (Å²) < 4.78 is 5.06.